The highest BCUT2D eigenvalue weighted by Gasteiger charge is 2.45. The third kappa shape index (κ3) is 2.03. The Morgan fingerprint density at radius 1 is 1.43 bits per heavy atom. The van der Waals surface area contributed by atoms with E-state index in [2.05, 4.69) is 6.58 Å². The van der Waals surface area contributed by atoms with Crippen molar-refractivity contribution in [3.8, 4) is 0 Å². The summed E-state index contributed by atoms with van der Waals surface area (Å²) in [6, 6.07) is 0. The Balaban J connectivity index is 5.28. The number of aliphatic carboxylic acids is 1. The van der Waals surface area contributed by atoms with E-state index in [0.29, 0.717) is 6.42 Å². The van der Waals surface area contributed by atoms with E-state index < -0.39 is 11.4 Å². The fourth-order valence-electron chi connectivity index (χ4n) is 1.79. The average Bonchev–Trinajstić information content (AvgIpc) is 2.03. The second kappa shape index (κ2) is 4.40. The molecule has 0 aromatic carbocycles. The number of allylic oxidation sites excluding steroid dienone is 1. The number of hydrogen-bond donors (Lipinski definition) is 1. The van der Waals surface area contributed by atoms with Crippen LogP contribution in [-0.4, -0.2) is 16.9 Å². The Kier molecular flexibility index (Phi) is 4.05. The average molecular weight is 198 g/mol. The Bertz CT molecular complexity index is 252. The normalized spacial score (nSPS) is 16.9. The summed E-state index contributed by atoms with van der Waals surface area (Å²) in [5, 5.41) is 9.09. The number of carboxylic acid groups (broad SMARTS) is 1. The van der Waals surface area contributed by atoms with Crippen molar-refractivity contribution in [1.82, 2.24) is 0 Å². The summed E-state index contributed by atoms with van der Waals surface area (Å²) in [6.45, 7) is 10.2. The van der Waals surface area contributed by atoms with E-state index in [9.17, 15) is 9.59 Å². The molecule has 0 saturated heterocycles. The van der Waals surface area contributed by atoms with Crippen molar-refractivity contribution < 1.29 is 14.7 Å². The molecule has 0 bridgehead atoms. The van der Waals surface area contributed by atoms with Crippen LogP contribution in [0.3, 0.4) is 0 Å². The molecule has 0 radical (unpaired) electrons. The first-order valence-electron chi connectivity index (χ1n) is 4.68. The molecule has 0 aliphatic heterocycles. The maximum Gasteiger partial charge on any atom is 0.317 e. The molecule has 0 heterocycles. The molecule has 0 aromatic rings. The zero-order chi connectivity index (χ0) is 11.5. The summed E-state index contributed by atoms with van der Waals surface area (Å²) in [5.74, 6) is -1.68. The van der Waals surface area contributed by atoms with Gasteiger partial charge in [-0.1, -0.05) is 19.1 Å². The summed E-state index contributed by atoms with van der Waals surface area (Å²) in [5.41, 5.74) is -0.590. The molecule has 3 heteroatoms. The highest BCUT2D eigenvalue weighted by molar-refractivity contribution is 6.02. The standard InChI is InChI=1S/C11H18O3/c1-6-9(7(2)3)11(5,8(4)12)10(13)14/h9H,2,6H2,1,3-5H3,(H,13,14). The van der Waals surface area contributed by atoms with Gasteiger partial charge in [-0.3, -0.25) is 9.59 Å². The molecule has 0 aliphatic rings. The van der Waals surface area contributed by atoms with Crippen LogP contribution in [0.1, 0.15) is 34.1 Å². The van der Waals surface area contributed by atoms with Crippen molar-refractivity contribution in [3.05, 3.63) is 12.2 Å². The molecule has 80 valence electrons. The molecule has 0 aliphatic carbocycles. The van der Waals surface area contributed by atoms with Crippen LogP contribution in [0.15, 0.2) is 12.2 Å². The monoisotopic (exact) mass is 198 g/mol. The van der Waals surface area contributed by atoms with Crippen LogP contribution >= 0.6 is 0 Å². The largest absolute Gasteiger partial charge is 0.480 e. The molecule has 0 amide bonds. The highest BCUT2D eigenvalue weighted by atomic mass is 16.4. The van der Waals surface area contributed by atoms with Crippen LogP contribution in [-0.2, 0) is 9.59 Å². The van der Waals surface area contributed by atoms with Crippen molar-refractivity contribution >= 4 is 11.8 Å². The first kappa shape index (κ1) is 12.9. The van der Waals surface area contributed by atoms with Crippen LogP contribution < -0.4 is 0 Å². The lowest BCUT2D eigenvalue weighted by Crippen LogP contribution is -2.42. The molecule has 0 fully saturated rings. The molecule has 0 aromatic heterocycles. The second-order valence-corrected chi connectivity index (χ2v) is 3.87. The van der Waals surface area contributed by atoms with E-state index in [1.165, 1.54) is 13.8 Å². The number of carbonyl (C=O) groups excluding carboxylic acids is 1. The molecule has 14 heavy (non-hydrogen) atoms. The van der Waals surface area contributed by atoms with E-state index in [4.69, 9.17) is 5.11 Å². The van der Waals surface area contributed by atoms with Gasteiger partial charge in [-0.2, -0.15) is 0 Å². The van der Waals surface area contributed by atoms with E-state index in [1.807, 2.05) is 6.92 Å². The Hall–Kier alpha value is -1.12. The zero-order valence-electron chi connectivity index (χ0n) is 9.26. The molecule has 0 saturated carbocycles. The van der Waals surface area contributed by atoms with Crippen LogP contribution in [0.5, 0.6) is 0 Å². The highest BCUT2D eigenvalue weighted by Crippen LogP contribution is 2.35. The number of ketones is 1. The minimum atomic E-state index is -1.33. The van der Waals surface area contributed by atoms with Crippen molar-refractivity contribution in [2.75, 3.05) is 0 Å². The number of Topliss-reactive ketones (excluding diaryl/α,β-unsaturated/α-hetero) is 1. The van der Waals surface area contributed by atoms with Crippen LogP contribution in [0.2, 0.25) is 0 Å². The number of rotatable bonds is 5. The van der Waals surface area contributed by atoms with E-state index in [1.54, 1.807) is 6.92 Å². The SMILES string of the molecule is C=C(C)C(CC)C(C)(C(C)=O)C(=O)O. The molecule has 2 atom stereocenters. The summed E-state index contributed by atoms with van der Waals surface area (Å²) < 4.78 is 0. The summed E-state index contributed by atoms with van der Waals surface area (Å²) in [4.78, 5) is 22.5. The molecule has 0 rings (SSSR count). The smallest absolute Gasteiger partial charge is 0.317 e. The Morgan fingerprint density at radius 3 is 1.93 bits per heavy atom. The fraction of sp³-hybridized carbons (Fsp3) is 0.636. The molecular formula is C11H18O3. The van der Waals surface area contributed by atoms with Gasteiger partial charge >= 0.3 is 5.97 Å². The van der Waals surface area contributed by atoms with Gasteiger partial charge in [0, 0.05) is 5.92 Å². The molecule has 2 unspecified atom stereocenters. The van der Waals surface area contributed by atoms with Gasteiger partial charge in [-0.05, 0) is 27.2 Å². The first-order chi connectivity index (χ1) is 6.28. The number of carbonyl (C=O) groups is 2. The predicted molar refractivity (Wildman–Crippen MR) is 55.0 cm³/mol. The Labute approximate surface area is 84.8 Å². The topological polar surface area (TPSA) is 54.4 Å². The first-order valence-corrected chi connectivity index (χ1v) is 4.68. The van der Waals surface area contributed by atoms with Crippen molar-refractivity contribution in [1.29, 1.82) is 0 Å². The third-order valence-electron chi connectivity index (χ3n) is 2.88. The van der Waals surface area contributed by atoms with Gasteiger partial charge in [0.1, 0.15) is 11.2 Å². The second-order valence-electron chi connectivity index (χ2n) is 3.87. The number of hydrogen-bond acceptors (Lipinski definition) is 2. The van der Waals surface area contributed by atoms with E-state index in [-0.39, 0.29) is 11.7 Å². The van der Waals surface area contributed by atoms with Crippen molar-refractivity contribution in [3.63, 3.8) is 0 Å². The van der Waals surface area contributed by atoms with Gasteiger partial charge < -0.3 is 5.11 Å². The van der Waals surface area contributed by atoms with Gasteiger partial charge in [-0.25, -0.2) is 0 Å². The lowest BCUT2D eigenvalue weighted by atomic mass is 9.70. The number of carboxylic acids is 1. The van der Waals surface area contributed by atoms with E-state index >= 15 is 0 Å². The van der Waals surface area contributed by atoms with Gasteiger partial charge in [0.25, 0.3) is 0 Å². The fourth-order valence-corrected chi connectivity index (χ4v) is 1.79. The molecule has 0 spiro atoms. The van der Waals surface area contributed by atoms with Gasteiger partial charge in [0.2, 0.25) is 0 Å². The zero-order valence-corrected chi connectivity index (χ0v) is 9.26. The summed E-state index contributed by atoms with van der Waals surface area (Å²) in [7, 11) is 0. The van der Waals surface area contributed by atoms with Gasteiger partial charge in [0.05, 0.1) is 0 Å². The quantitative estimate of drug-likeness (QED) is 0.544. The molecule has 1 N–H and O–H groups in total. The minimum Gasteiger partial charge on any atom is -0.480 e. The lowest BCUT2D eigenvalue weighted by molar-refractivity contribution is -0.156. The van der Waals surface area contributed by atoms with Gasteiger partial charge in [-0.15, -0.1) is 0 Å². The third-order valence-corrected chi connectivity index (χ3v) is 2.88. The predicted octanol–water partition coefficient (Wildman–Crippen LogP) is 2.27. The maximum atomic E-state index is 11.4. The van der Waals surface area contributed by atoms with Crippen molar-refractivity contribution in [2.45, 2.75) is 34.1 Å². The van der Waals surface area contributed by atoms with E-state index in [0.717, 1.165) is 5.57 Å². The van der Waals surface area contributed by atoms with Crippen LogP contribution in [0.25, 0.3) is 0 Å². The Morgan fingerprint density at radius 2 is 1.86 bits per heavy atom. The lowest BCUT2D eigenvalue weighted by Gasteiger charge is -2.31. The van der Waals surface area contributed by atoms with Gasteiger partial charge in [0.15, 0.2) is 0 Å². The molecule has 3 nitrogen and oxygen atoms in total. The van der Waals surface area contributed by atoms with Crippen LogP contribution in [0.4, 0.5) is 0 Å². The summed E-state index contributed by atoms with van der Waals surface area (Å²) >= 11 is 0. The maximum absolute atomic E-state index is 11.4. The van der Waals surface area contributed by atoms with Crippen LogP contribution in [0, 0.1) is 11.3 Å². The van der Waals surface area contributed by atoms with Crippen molar-refractivity contribution in [2.24, 2.45) is 11.3 Å². The minimum absolute atomic E-state index is 0.294. The molecular weight excluding hydrogens is 180 g/mol. The summed E-state index contributed by atoms with van der Waals surface area (Å²) in [6.07, 6.45) is 0.609.